The second-order valence-electron chi connectivity index (χ2n) is 9.57. The third-order valence-electron chi connectivity index (χ3n) is 7.03. The number of carbonyl (C=O) groups is 1. The van der Waals surface area contributed by atoms with Crippen LogP contribution in [0.3, 0.4) is 0 Å². The van der Waals surface area contributed by atoms with Gasteiger partial charge in [0.25, 0.3) is 11.5 Å². The number of thiocarbonyl (C=S) groups is 1. The molecule has 2 aliphatic heterocycles. The van der Waals surface area contributed by atoms with E-state index < -0.39 is 0 Å². The summed E-state index contributed by atoms with van der Waals surface area (Å²) >= 11 is 6.85. The van der Waals surface area contributed by atoms with Crippen molar-refractivity contribution in [3.05, 3.63) is 61.8 Å². The number of hydrogen-bond acceptors (Lipinski definition) is 8. The molecule has 4 rings (SSSR count). The van der Waals surface area contributed by atoms with E-state index in [4.69, 9.17) is 17.0 Å². The van der Waals surface area contributed by atoms with Gasteiger partial charge in [-0.1, -0.05) is 49.5 Å². The van der Waals surface area contributed by atoms with Crippen LogP contribution < -0.4 is 15.2 Å². The van der Waals surface area contributed by atoms with Gasteiger partial charge in [-0.3, -0.25) is 19.1 Å². The van der Waals surface area contributed by atoms with E-state index in [-0.39, 0.29) is 17.0 Å². The van der Waals surface area contributed by atoms with Crippen LogP contribution in [0.5, 0.6) is 5.75 Å². The number of nitriles is 1. The van der Waals surface area contributed by atoms with E-state index in [9.17, 15) is 14.9 Å². The number of thioether (sulfide) groups is 1. The van der Waals surface area contributed by atoms with Crippen LogP contribution in [-0.4, -0.2) is 64.9 Å². The molecule has 0 spiro atoms. The molecule has 0 bridgehead atoms. The van der Waals surface area contributed by atoms with E-state index in [0.717, 1.165) is 61.7 Å². The standard InChI is InChI=1S/C28H33N5O3S2/c1-5-6-11-32-25(31-14-12-30(3)13-15-31)22(19(2)23(17-29)26(32)34)16-24-27(35)33(28(37)38-24)18-20-7-9-21(36-4)10-8-20/h7-10,16H,5-6,11-15,18H2,1-4H3/b24-16-. The summed E-state index contributed by atoms with van der Waals surface area (Å²) < 4.78 is 7.45. The Kier molecular flexibility index (Phi) is 8.92. The summed E-state index contributed by atoms with van der Waals surface area (Å²) in [6.07, 6.45) is 3.57. The first-order chi connectivity index (χ1) is 18.3. The number of hydrogen-bond donors (Lipinski definition) is 0. The van der Waals surface area contributed by atoms with Crippen LogP contribution in [0.1, 0.15) is 42.0 Å². The zero-order valence-corrected chi connectivity index (χ0v) is 24.0. The van der Waals surface area contributed by atoms with Gasteiger partial charge in [0.2, 0.25) is 0 Å². The lowest BCUT2D eigenvalue weighted by Gasteiger charge is -2.36. The minimum Gasteiger partial charge on any atom is -0.497 e. The molecule has 1 aromatic carbocycles. The van der Waals surface area contributed by atoms with Crippen molar-refractivity contribution in [2.75, 3.05) is 45.2 Å². The summed E-state index contributed by atoms with van der Waals surface area (Å²) in [6, 6.07) is 9.68. The van der Waals surface area contributed by atoms with Gasteiger partial charge >= 0.3 is 0 Å². The number of benzene rings is 1. The molecule has 2 aromatic rings. The summed E-state index contributed by atoms with van der Waals surface area (Å²) in [5.74, 6) is 1.36. The normalized spacial score (nSPS) is 17.4. The van der Waals surface area contributed by atoms with Gasteiger partial charge in [-0.2, -0.15) is 5.26 Å². The number of likely N-dealkylation sites (N-methyl/N-ethyl adjacent to an activating group) is 1. The molecule has 0 aliphatic carbocycles. The van der Waals surface area contributed by atoms with Crippen LogP contribution in [-0.2, 0) is 17.9 Å². The maximum Gasteiger partial charge on any atom is 0.270 e. The molecule has 3 heterocycles. The number of rotatable bonds is 8. The summed E-state index contributed by atoms with van der Waals surface area (Å²) in [6.45, 7) is 8.00. The van der Waals surface area contributed by atoms with Crippen LogP contribution in [0, 0.1) is 18.3 Å². The van der Waals surface area contributed by atoms with Gasteiger partial charge in [0.15, 0.2) is 0 Å². The topological polar surface area (TPSA) is 81.8 Å². The first-order valence-corrected chi connectivity index (χ1v) is 14.0. The first kappa shape index (κ1) is 27.9. The van der Waals surface area contributed by atoms with Gasteiger partial charge in [-0.05, 0) is 49.7 Å². The minimum absolute atomic E-state index is 0.124. The number of nitrogens with zero attached hydrogens (tertiary/aromatic N) is 5. The molecule has 2 saturated heterocycles. The third kappa shape index (κ3) is 5.65. The summed E-state index contributed by atoms with van der Waals surface area (Å²) in [5.41, 5.74) is 2.14. The smallest absolute Gasteiger partial charge is 0.270 e. The van der Waals surface area contributed by atoms with E-state index in [1.54, 1.807) is 23.5 Å². The van der Waals surface area contributed by atoms with Gasteiger partial charge in [0, 0.05) is 38.3 Å². The van der Waals surface area contributed by atoms with Crippen LogP contribution in [0.15, 0.2) is 34.0 Å². The second-order valence-corrected chi connectivity index (χ2v) is 11.2. The number of amides is 1. The number of piperazine rings is 1. The van der Waals surface area contributed by atoms with Crippen molar-refractivity contribution >= 4 is 46.1 Å². The van der Waals surface area contributed by atoms with Gasteiger partial charge in [0.1, 0.15) is 27.5 Å². The van der Waals surface area contributed by atoms with Gasteiger partial charge in [0.05, 0.1) is 18.6 Å². The number of anilines is 1. The average Bonchev–Trinajstić information content (AvgIpc) is 3.18. The molecule has 0 saturated carbocycles. The molecule has 0 unspecified atom stereocenters. The van der Waals surface area contributed by atoms with Crippen molar-refractivity contribution in [2.45, 2.75) is 39.8 Å². The summed E-state index contributed by atoms with van der Waals surface area (Å²) in [5, 5.41) is 9.89. The minimum atomic E-state index is -0.267. The Morgan fingerprint density at radius 2 is 1.84 bits per heavy atom. The van der Waals surface area contributed by atoms with Gasteiger partial charge in [-0.25, -0.2) is 0 Å². The molecule has 10 heteroatoms. The van der Waals surface area contributed by atoms with Gasteiger partial charge in [-0.15, -0.1) is 0 Å². The number of pyridine rings is 1. The Morgan fingerprint density at radius 3 is 2.45 bits per heavy atom. The average molecular weight is 552 g/mol. The number of methoxy groups -OCH3 is 1. The number of unbranched alkanes of at least 4 members (excludes halogenated alkanes) is 1. The molecular formula is C28H33N5O3S2. The molecule has 0 atom stereocenters. The zero-order chi connectivity index (χ0) is 27.4. The lowest BCUT2D eigenvalue weighted by Crippen LogP contribution is -2.47. The predicted octanol–water partition coefficient (Wildman–Crippen LogP) is 3.99. The highest BCUT2D eigenvalue weighted by Crippen LogP contribution is 2.37. The van der Waals surface area contributed by atoms with Crippen molar-refractivity contribution < 1.29 is 9.53 Å². The molecule has 8 nitrogen and oxygen atoms in total. The molecule has 0 N–H and O–H groups in total. The Bertz CT molecular complexity index is 1350. The fourth-order valence-electron chi connectivity index (χ4n) is 4.71. The monoisotopic (exact) mass is 551 g/mol. The van der Waals surface area contributed by atoms with Crippen LogP contribution in [0.2, 0.25) is 0 Å². The first-order valence-electron chi connectivity index (χ1n) is 12.8. The highest BCUT2D eigenvalue weighted by atomic mass is 32.2. The molecule has 0 radical (unpaired) electrons. The Hall–Kier alpha value is -3.13. The fourth-order valence-corrected chi connectivity index (χ4v) is 5.94. The lowest BCUT2D eigenvalue weighted by molar-refractivity contribution is -0.122. The Labute approximate surface area is 233 Å². The summed E-state index contributed by atoms with van der Waals surface area (Å²) in [7, 11) is 3.70. The van der Waals surface area contributed by atoms with E-state index in [1.807, 2.05) is 30.3 Å². The second kappa shape index (κ2) is 12.2. The maximum absolute atomic E-state index is 13.5. The summed E-state index contributed by atoms with van der Waals surface area (Å²) in [4.78, 5) is 33.5. The quantitative estimate of drug-likeness (QED) is 0.360. The molecule has 38 heavy (non-hydrogen) atoms. The molecule has 2 fully saturated rings. The SMILES string of the molecule is CCCCn1c(N2CCN(C)CC2)c(/C=C2\SC(=S)N(Cc3ccc(OC)cc3)C2=O)c(C)c(C#N)c1=O. The van der Waals surface area contributed by atoms with Crippen molar-refractivity contribution in [1.82, 2.24) is 14.4 Å². The van der Waals surface area contributed by atoms with E-state index in [2.05, 4.69) is 29.8 Å². The van der Waals surface area contributed by atoms with Gasteiger partial charge < -0.3 is 14.5 Å². The molecule has 1 amide bonds. The van der Waals surface area contributed by atoms with Crippen LogP contribution in [0.25, 0.3) is 6.08 Å². The van der Waals surface area contributed by atoms with Crippen molar-refractivity contribution in [3.8, 4) is 11.8 Å². The van der Waals surface area contributed by atoms with Crippen molar-refractivity contribution in [1.29, 1.82) is 5.26 Å². The Balaban J connectivity index is 1.78. The number of carbonyl (C=O) groups excluding carboxylic acids is 1. The largest absolute Gasteiger partial charge is 0.497 e. The lowest BCUT2D eigenvalue weighted by atomic mass is 10.0. The van der Waals surface area contributed by atoms with E-state index in [0.29, 0.717) is 27.9 Å². The van der Waals surface area contributed by atoms with Crippen molar-refractivity contribution in [2.24, 2.45) is 0 Å². The highest BCUT2D eigenvalue weighted by Gasteiger charge is 2.33. The highest BCUT2D eigenvalue weighted by molar-refractivity contribution is 8.26. The zero-order valence-electron chi connectivity index (χ0n) is 22.3. The fraction of sp³-hybridized carbons (Fsp3) is 0.429. The van der Waals surface area contributed by atoms with Crippen molar-refractivity contribution in [3.63, 3.8) is 0 Å². The Morgan fingerprint density at radius 1 is 1.16 bits per heavy atom. The molecule has 200 valence electrons. The van der Waals surface area contributed by atoms with Crippen LogP contribution >= 0.6 is 24.0 Å². The molecule has 1 aromatic heterocycles. The third-order valence-corrected chi connectivity index (χ3v) is 8.41. The number of aromatic nitrogens is 1. The number of ether oxygens (including phenoxy) is 1. The van der Waals surface area contributed by atoms with Crippen LogP contribution in [0.4, 0.5) is 5.82 Å². The molecular weight excluding hydrogens is 518 g/mol. The van der Waals surface area contributed by atoms with E-state index >= 15 is 0 Å². The maximum atomic E-state index is 13.5. The van der Waals surface area contributed by atoms with E-state index in [1.165, 1.54) is 11.8 Å². The molecule has 2 aliphatic rings. The predicted molar refractivity (Wildman–Crippen MR) is 156 cm³/mol.